The molecule has 1 fully saturated rings. The molecule has 0 heterocycles. The SMILES string of the molecule is CN(C(=O)CC[C@@H](CO)NC(=O)[C@H](CC1CCCCC1)NC(=O)OCc1cccc(Cl)c1)c1ccccc1. The molecule has 0 bridgehead atoms. The summed E-state index contributed by atoms with van der Waals surface area (Å²) in [7, 11) is 1.70. The summed E-state index contributed by atoms with van der Waals surface area (Å²) in [6.45, 7) is -0.288. The fourth-order valence-corrected chi connectivity index (χ4v) is 4.93. The summed E-state index contributed by atoms with van der Waals surface area (Å²) in [4.78, 5) is 40.0. The first-order valence-electron chi connectivity index (χ1n) is 13.3. The number of carbonyl (C=O) groups excluding carboxylic acids is 3. The van der Waals surface area contributed by atoms with E-state index in [2.05, 4.69) is 10.6 Å². The molecule has 0 unspecified atom stereocenters. The van der Waals surface area contributed by atoms with Crippen LogP contribution in [-0.2, 0) is 20.9 Å². The van der Waals surface area contributed by atoms with E-state index >= 15 is 0 Å². The van der Waals surface area contributed by atoms with E-state index in [1.807, 2.05) is 30.3 Å². The first-order chi connectivity index (χ1) is 18.4. The number of ether oxygens (including phenoxy) is 1. The van der Waals surface area contributed by atoms with Crippen LogP contribution in [0.1, 0.15) is 56.9 Å². The molecule has 0 saturated heterocycles. The van der Waals surface area contributed by atoms with Gasteiger partial charge in [-0.3, -0.25) is 9.59 Å². The zero-order chi connectivity index (χ0) is 27.3. The van der Waals surface area contributed by atoms with Gasteiger partial charge in [0.05, 0.1) is 12.6 Å². The lowest BCUT2D eigenvalue weighted by molar-refractivity contribution is -0.125. The molecule has 3 N–H and O–H groups in total. The van der Waals surface area contributed by atoms with Crippen LogP contribution in [0.2, 0.25) is 5.02 Å². The topological polar surface area (TPSA) is 108 Å². The normalized spacial score (nSPS) is 15.2. The van der Waals surface area contributed by atoms with Crippen molar-refractivity contribution in [2.24, 2.45) is 5.92 Å². The number of para-hydroxylation sites is 1. The summed E-state index contributed by atoms with van der Waals surface area (Å²) in [5.74, 6) is -0.190. The van der Waals surface area contributed by atoms with Crippen molar-refractivity contribution in [2.45, 2.75) is 70.1 Å². The number of alkyl carbamates (subject to hydrolysis) is 1. The Labute approximate surface area is 229 Å². The number of amides is 3. The smallest absolute Gasteiger partial charge is 0.408 e. The molecule has 2 aromatic rings. The molecule has 0 spiro atoms. The Balaban J connectivity index is 1.56. The van der Waals surface area contributed by atoms with Crippen molar-refractivity contribution in [3.8, 4) is 0 Å². The maximum Gasteiger partial charge on any atom is 0.408 e. The van der Waals surface area contributed by atoms with E-state index in [4.69, 9.17) is 16.3 Å². The summed E-state index contributed by atoms with van der Waals surface area (Å²) < 4.78 is 5.34. The summed E-state index contributed by atoms with van der Waals surface area (Å²) in [6.07, 6.45) is 5.63. The molecule has 2 atom stereocenters. The predicted molar refractivity (Wildman–Crippen MR) is 148 cm³/mol. The minimum atomic E-state index is -0.804. The maximum absolute atomic E-state index is 13.2. The third-order valence-electron chi connectivity index (χ3n) is 6.95. The monoisotopic (exact) mass is 543 g/mol. The van der Waals surface area contributed by atoms with Crippen LogP contribution in [-0.4, -0.2) is 48.8 Å². The molecule has 38 heavy (non-hydrogen) atoms. The van der Waals surface area contributed by atoms with Crippen LogP contribution in [0.4, 0.5) is 10.5 Å². The van der Waals surface area contributed by atoms with E-state index in [1.54, 1.807) is 36.2 Å². The Morgan fingerprint density at radius 2 is 1.79 bits per heavy atom. The number of nitrogens with zero attached hydrogens (tertiary/aromatic N) is 1. The molecule has 9 heteroatoms. The van der Waals surface area contributed by atoms with Gasteiger partial charge in [0, 0.05) is 24.2 Å². The molecule has 0 radical (unpaired) electrons. The van der Waals surface area contributed by atoms with E-state index in [0.29, 0.717) is 17.4 Å². The second-order valence-corrected chi connectivity index (χ2v) is 10.3. The number of halogens is 1. The van der Waals surface area contributed by atoms with Gasteiger partial charge in [-0.15, -0.1) is 0 Å². The molecule has 1 aliphatic carbocycles. The van der Waals surface area contributed by atoms with Crippen LogP contribution >= 0.6 is 11.6 Å². The number of benzene rings is 2. The largest absolute Gasteiger partial charge is 0.445 e. The Morgan fingerprint density at radius 3 is 2.47 bits per heavy atom. The highest BCUT2D eigenvalue weighted by molar-refractivity contribution is 6.30. The molecular weight excluding hydrogens is 506 g/mol. The number of hydrogen-bond donors (Lipinski definition) is 3. The van der Waals surface area contributed by atoms with Crippen molar-refractivity contribution < 1.29 is 24.2 Å². The molecule has 206 valence electrons. The van der Waals surface area contributed by atoms with Gasteiger partial charge in [-0.1, -0.05) is 74.0 Å². The first-order valence-corrected chi connectivity index (χ1v) is 13.6. The lowest BCUT2D eigenvalue weighted by Crippen LogP contribution is -2.51. The van der Waals surface area contributed by atoms with E-state index in [1.165, 1.54) is 6.42 Å². The number of aliphatic hydroxyl groups excluding tert-OH is 1. The fourth-order valence-electron chi connectivity index (χ4n) is 4.72. The lowest BCUT2D eigenvalue weighted by Gasteiger charge is -2.28. The minimum Gasteiger partial charge on any atom is -0.445 e. The van der Waals surface area contributed by atoms with Gasteiger partial charge in [0.25, 0.3) is 0 Å². The quantitative estimate of drug-likeness (QED) is 0.355. The van der Waals surface area contributed by atoms with Gasteiger partial charge in [0.2, 0.25) is 11.8 Å². The fraction of sp³-hybridized carbons (Fsp3) is 0.483. The van der Waals surface area contributed by atoms with E-state index in [0.717, 1.165) is 36.9 Å². The van der Waals surface area contributed by atoms with Crippen molar-refractivity contribution in [3.05, 3.63) is 65.2 Å². The summed E-state index contributed by atoms with van der Waals surface area (Å²) in [5, 5.41) is 16.0. The number of anilines is 1. The molecule has 3 rings (SSSR count). The van der Waals surface area contributed by atoms with Crippen LogP contribution in [0.5, 0.6) is 0 Å². The van der Waals surface area contributed by atoms with Crippen LogP contribution in [0.3, 0.4) is 0 Å². The Morgan fingerprint density at radius 1 is 1.05 bits per heavy atom. The van der Waals surface area contributed by atoms with Crippen LogP contribution < -0.4 is 15.5 Å². The van der Waals surface area contributed by atoms with E-state index in [9.17, 15) is 19.5 Å². The predicted octanol–water partition coefficient (Wildman–Crippen LogP) is 4.83. The third-order valence-corrected chi connectivity index (χ3v) is 7.19. The highest BCUT2D eigenvalue weighted by atomic mass is 35.5. The average molecular weight is 544 g/mol. The second kappa shape index (κ2) is 15.3. The molecule has 0 aromatic heterocycles. The van der Waals surface area contributed by atoms with Crippen molar-refractivity contribution in [3.63, 3.8) is 0 Å². The molecule has 0 aliphatic heterocycles. The summed E-state index contributed by atoms with van der Waals surface area (Å²) >= 11 is 6.00. The number of carbonyl (C=O) groups is 3. The molecule has 8 nitrogen and oxygen atoms in total. The maximum atomic E-state index is 13.2. The highest BCUT2D eigenvalue weighted by Crippen LogP contribution is 2.27. The van der Waals surface area contributed by atoms with Gasteiger partial charge < -0.3 is 25.4 Å². The van der Waals surface area contributed by atoms with Crippen LogP contribution in [0, 0.1) is 5.92 Å². The average Bonchev–Trinajstić information content (AvgIpc) is 2.94. The first kappa shape index (κ1) is 29.5. The number of hydrogen-bond acceptors (Lipinski definition) is 5. The standard InChI is InChI=1S/C29H38ClN3O5/c1-33(25-13-6-3-7-14-25)27(35)16-15-24(19-34)31-28(36)26(18-21-9-4-2-5-10-21)32-29(37)38-20-22-11-8-12-23(30)17-22/h3,6-8,11-14,17,21,24,26,34H,2,4-5,9-10,15-16,18-20H2,1H3,(H,31,36)(H,32,37)/t24-,26-/m0/s1. The van der Waals surface area contributed by atoms with Gasteiger partial charge in [-0.2, -0.15) is 0 Å². The molecule has 2 aromatic carbocycles. The molecule has 1 aliphatic rings. The lowest BCUT2D eigenvalue weighted by atomic mass is 9.84. The van der Waals surface area contributed by atoms with Crippen molar-refractivity contribution in [1.82, 2.24) is 10.6 Å². The summed E-state index contributed by atoms with van der Waals surface area (Å²) in [6, 6.07) is 14.9. The van der Waals surface area contributed by atoms with Crippen molar-refractivity contribution >= 4 is 35.2 Å². The van der Waals surface area contributed by atoms with E-state index < -0.39 is 24.1 Å². The molecule has 1 saturated carbocycles. The molecule has 3 amide bonds. The second-order valence-electron chi connectivity index (χ2n) is 9.86. The van der Waals surface area contributed by atoms with E-state index in [-0.39, 0.29) is 32.0 Å². The minimum absolute atomic E-state index is 0.0282. The zero-order valence-electron chi connectivity index (χ0n) is 21.9. The highest BCUT2D eigenvalue weighted by Gasteiger charge is 2.28. The van der Waals surface area contributed by atoms with Crippen LogP contribution in [0.15, 0.2) is 54.6 Å². The van der Waals surface area contributed by atoms with Gasteiger partial charge in [0.1, 0.15) is 12.6 Å². The number of nitrogens with one attached hydrogen (secondary N) is 2. The van der Waals surface area contributed by atoms with Gasteiger partial charge in [-0.05, 0) is 48.6 Å². The third kappa shape index (κ3) is 9.65. The van der Waals surface area contributed by atoms with Gasteiger partial charge >= 0.3 is 6.09 Å². The zero-order valence-corrected chi connectivity index (χ0v) is 22.7. The molecular formula is C29H38ClN3O5. The number of rotatable bonds is 12. The Bertz CT molecular complexity index is 1050. The Kier molecular flexibility index (Phi) is 11.9. The summed E-state index contributed by atoms with van der Waals surface area (Å²) in [5.41, 5.74) is 1.52. The van der Waals surface area contributed by atoms with Gasteiger partial charge in [-0.25, -0.2) is 4.79 Å². The Hall–Kier alpha value is -3.10. The number of aliphatic hydroxyl groups is 1. The van der Waals surface area contributed by atoms with Gasteiger partial charge in [0.15, 0.2) is 0 Å². The van der Waals surface area contributed by atoms with Crippen molar-refractivity contribution in [1.29, 1.82) is 0 Å². The van der Waals surface area contributed by atoms with Crippen molar-refractivity contribution in [2.75, 3.05) is 18.6 Å². The van der Waals surface area contributed by atoms with Crippen LogP contribution in [0.25, 0.3) is 0 Å².